The highest BCUT2D eigenvalue weighted by Gasteiger charge is 2.02. The highest BCUT2D eigenvalue weighted by molar-refractivity contribution is 5.47. The van der Waals surface area contributed by atoms with Gasteiger partial charge < -0.3 is 11.5 Å². The summed E-state index contributed by atoms with van der Waals surface area (Å²) in [5.74, 6) is 0.693. The molecule has 0 aromatic heterocycles. The van der Waals surface area contributed by atoms with Gasteiger partial charge in [0.05, 0.1) is 0 Å². The molecule has 2 atom stereocenters. The van der Waals surface area contributed by atoms with Gasteiger partial charge in [-0.1, -0.05) is 74.5 Å². The summed E-state index contributed by atoms with van der Waals surface area (Å²) in [5, 5.41) is 2.46. The Bertz CT molecular complexity index is 864. The van der Waals surface area contributed by atoms with Crippen LogP contribution >= 0.6 is 0 Å². The standard InChI is InChI=1S/C24H26N2/c1-17(21-7-11-23(25)12-8-21)15-19-3-5-20(6-4-19)16-18(2)22-9-13-24(26)14-10-22/h3-18H,25-26H2,1-2H3. The first-order chi connectivity index (χ1) is 12.5. The summed E-state index contributed by atoms with van der Waals surface area (Å²) in [4.78, 5) is 0. The quantitative estimate of drug-likeness (QED) is 0.704. The predicted octanol–water partition coefficient (Wildman–Crippen LogP) is 4.02. The average molecular weight is 342 g/mol. The van der Waals surface area contributed by atoms with Crippen molar-refractivity contribution in [3.63, 3.8) is 0 Å². The van der Waals surface area contributed by atoms with Crippen LogP contribution in [0.3, 0.4) is 0 Å². The van der Waals surface area contributed by atoms with Crippen LogP contribution in [0.4, 0.5) is 11.4 Å². The molecular weight excluding hydrogens is 316 g/mol. The second-order valence-electron chi connectivity index (χ2n) is 6.91. The highest BCUT2D eigenvalue weighted by Crippen LogP contribution is 2.18. The van der Waals surface area contributed by atoms with E-state index in [1.165, 1.54) is 21.6 Å². The monoisotopic (exact) mass is 342 g/mol. The second kappa shape index (κ2) is 7.92. The zero-order valence-corrected chi connectivity index (χ0v) is 15.4. The van der Waals surface area contributed by atoms with Gasteiger partial charge in [-0.2, -0.15) is 0 Å². The number of anilines is 2. The SMILES string of the molecule is CC(C=c1ccc(=CC(C)c2ccc(N)cc2)cc1)c1ccc(N)cc1. The average Bonchev–Trinajstić information content (AvgIpc) is 2.64. The number of nitrogen functional groups attached to an aromatic ring is 2. The lowest BCUT2D eigenvalue weighted by Gasteiger charge is -2.07. The number of benzene rings is 3. The third-order valence-electron chi connectivity index (χ3n) is 4.75. The molecule has 0 radical (unpaired) electrons. The van der Waals surface area contributed by atoms with Gasteiger partial charge in [0.1, 0.15) is 0 Å². The molecule has 0 aliphatic rings. The molecule has 4 N–H and O–H groups in total. The van der Waals surface area contributed by atoms with Gasteiger partial charge in [0.15, 0.2) is 0 Å². The molecule has 2 heteroatoms. The molecule has 0 fully saturated rings. The van der Waals surface area contributed by atoms with Gasteiger partial charge in [0.25, 0.3) is 0 Å². The minimum absolute atomic E-state index is 0.346. The number of hydrogen-bond acceptors (Lipinski definition) is 2. The Balaban J connectivity index is 1.79. The van der Waals surface area contributed by atoms with E-state index in [9.17, 15) is 0 Å². The van der Waals surface area contributed by atoms with Gasteiger partial charge in [-0.05, 0) is 57.7 Å². The summed E-state index contributed by atoms with van der Waals surface area (Å²) in [6.07, 6.45) is 4.55. The summed E-state index contributed by atoms with van der Waals surface area (Å²) in [6, 6.07) is 24.9. The molecule has 3 aromatic carbocycles. The number of hydrogen-bond donors (Lipinski definition) is 2. The molecule has 2 unspecified atom stereocenters. The van der Waals surface area contributed by atoms with Crippen LogP contribution < -0.4 is 21.9 Å². The lowest BCUT2D eigenvalue weighted by atomic mass is 9.98. The van der Waals surface area contributed by atoms with Crippen molar-refractivity contribution in [2.24, 2.45) is 0 Å². The largest absolute Gasteiger partial charge is 0.399 e. The Kier molecular flexibility index (Phi) is 5.43. The van der Waals surface area contributed by atoms with E-state index in [1.54, 1.807) is 0 Å². The summed E-state index contributed by atoms with van der Waals surface area (Å²) < 4.78 is 0. The van der Waals surface area contributed by atoms with Crippen LogP contribution in [-0.2, 0) is 0 Å². The van der Waals surface area contributed by atoms with Crippen molar-refractivity contribution in [1.82, 2.24) is 0 Å². The molecule has 0 aliphatic carbocycles. The fourth-order valence-electron chi connectivity index (χ4n) is 3.09. The normalized spacial score (nSPS) is 13.0. The first-order valence-corrected chi connectivity index (χ1v) is 9.02. The number of rotatable bonds is 4. The summed E-state index contributed by atoms with van der Waals surface area (Å²) in [6.45, 7) is 4.41. The van der Waals surface area contributed by atoms with Crippen molar-refractivity contribution in [2.45, 2.75) is 25.7 Å². The summed E-state index contributed by atoms with van der Waals surface area (Å²) in [5.41, 5.74) is 15.7. The maximum atomic E-state index is 5.77. The van der Waals surface area contributed by atoms with Gasteiger partial charge in [-0.15, -0.1) is 0 Å². The van der Waals surface area contributed by atoms with Crippen LogP contribution in [0.25, 0.3) is 12.2 Å². The molecule has 3 rings (SSSR count). The molecular formula is C24H26N2. The van der Waals surface area contributed by atoms with Crippen molar-refractivity contribution in [1.29, 1.82) is 0 Å². The van der Waals surface area contributed by atoms with Crippen LogP contribution in [0.15, 0.2) is 72.8 Å². The van der Waals surface area contributed by atoms with Crippen LogP contribution in [0.5, 0.6) is 0 Å². The van der Waals surface area contributed by atoms with E-state index in [4.69, 9.17) is 11.5 Å². The van der Waals surface area contributed by atoms with Crippen molar-refractivity contribution >= 4 is 23.5 Å². The Labute approximate surface area is 155 Å². The van der Waals surface area contributed by atoms with E-state index in [-0.39, 0.29) is 0 Å². The predicted molar refractivity (Wildman–Crippen MR) is 113 cm³/mol. The van der Waals surface area contributed by atoms with E-state index < -0.39 is 0 Å². The zero-order valence-electron chi connectivity index (χ0n) is 15.4. The minimum atomic E-state index is 0.346. The van der Waals surface area contributed by atoms with Crippen LogP contribution in [-0.4, -0.2) is 0 Å². The summed E-state index contributed by atoms with van der Waals surface area (Å²) >= 11 is 0. The van der Waals surface area contributed by atoms with E-state index in [0.29, 0.717) is 11.8 Å². The van der Waals surface area contributed by atoms with E-state index in [1.807, 2.05) is 24.3 Å². The van der Waals surface area contributed by atoms with Gasteiger partial charge in [-0.3, -0.25) is 0 Å². The van der Waals surface area contributed by atoms with Crippen molar-refractivity contribution in [2.75, 3.05) is 11.5 Å². The first-order valence-electron chi connectivity index (χ1n) is 9.02. The minimum Gasteiger partial charge on any atom is -0.399 e. The van der Waals surface area contributed by atoms with Crippen molar-refractivity contribution in [3.8, 4) is 0 Å². The molecule has 0 saturated heterocycles. The smallest absolute Gasteiger partial charge is 0.0314 e. The maximum absolute atomic E-state index is 5.77. The molecule has 132 valence electrons. The zero-order chi connectivity index (χ0) is 18.5. The Morgan fingerprint density at radius 2 is 0.846 bits per heavy atom. The van der Waals surface area contributed by atoms with Gasteiger partial charge >= 0.3 is 0 Å². The van der Waals surface area contributed by atoms with E-state index >= 15 is 0 Å². The van der Waals surface area contributed by atoms with Gasteiger partial charge in [0, 0.05) is 11.4 Å². The molecule has 2 nitrogen and oxygen atoms in total. The van der Waals surface area contributed by atoms with Crippen molar-refractivity contribution < 1.29 is 0 Å². The van der Waals surface area contributed by atoms with Gasteiger partial charge in [0.2, 0.25) is 0 Å². The lowest BCUT2D eigenvalue weighted by molar-refractivity contribution is 1.01. The third kappa shape index (κ3) is 4.54. The molecule has 0 saturated carbocycles. The summed E-state index contributed by atoms with van der Waals surface area (Å²) in [7, 11) is 0. The Morgan fingerprint density at radius 3 is 1.15 bits per heavy atom. The second-order valence-corrected chi connectivity index (χ2v) is 6.91. The third-order valence-corrected chi connectivity index (χ3v) is 4.75. The fraction of sp³-hybridized carbons (Fsp3) is 0.167. The fourth-order valence-corrected chi connectivity index (χ4v) is 3.09. The maximum Gasteiger partial charge on any atom is 0.0314 e. The molecule has 3 aromatic rings. The van der Waals surface area contributed by atoms with Crippen LogP contribution in [0.2, 0.25) is 0 Å². The van der Waals surface area contributed by atoms with Crippen LogP contribution in [0, 0.1) is 0 Å². The van der Waals surface area contributed by atoms with Gasteiger partial charge in [-0.25, -0.2) is 0 Å². The van der Waals surface area contributed by atoms with Crippen molar-refractivity contribution in [3.05, 3.63) is 94.4 Å². The van der Waals surface area contributed by atoms with E-state index in [2.05, 4.69) is 74.5 Å². The molecule has 0 bridgehead atoms. The Hall–Kier alpha value is -3.00. The van der Waals surface area contributed by atoms with E-state index in [0.717, 1.165) is 11.4 Å². The van der Waals surface area contributed by atoms with Crippen LogP contribution in [0.1, 0.15) is 36.8 Å². The molecule has 26 heavy (non-hydrogen) atoms. The highest BCUT2D eigenvalue weighted by atomic mass is 14.5. The number of nitrogens with two attached hydrogens (primary N) is 2. The molecule has 0 aliphatic heterocycles. The molecule has 0 amide bonds. The first kappa shape index (κ1) is 17.8. The topological polar surface area (TPSA) is 52.0 Å². The molecule has 0 heterocycles. The molecule has 0 spiro atoms. The lowest BCUT2D eigenvalue weighted by Crippen LogP contribution is -2.09. The Morgan fingerprint density at radius 1 is 0.538 bits per heavy atom.